The van der Waals surface area contributed by atoms with Gasteiger partial charge in [-0.05, 0) is 37.9 Å². The zero-order chi connectivity index (χ0) is 12.2. The molecule has 3 rings (SSSR count). The first-order valence-corrected chi connectivity index (χ1v) is 6.87. The van der Waals surface area contributed by atoms with Crippen molar-refractivity contribution in [3.8, 4) is 0 Å². The number of furan rings is 1. The van der Waals surface area contributed by atoms with Crippen LogP contribution in [0.15, 0.2) is 34.9 Å². The van der Waals surface area contributed by atoms with Crippen molar-refractivity contribution in [1.29, 1.82) is 0 Å². The lowest BCUT2D eigenvalue weighted by Gasteiger charge is -2.23. The Bertz CT molecular complexity index is 500. The van der Waals surface area contributed by atoms with Crippen LogP contribution >= 0.6 is 0 Å². The number of nitrogens with one attached hydrogen (secondary N) is 2. The Labute approximate surface area is 108 Å². The molecule has 96 valence electrons. The zero-order valence-electron chi connectivity index (χ0n) is 10.6. The topological polar surface area (TPSA) is 37.2 Å². The molecule has 2 aromatic rings. The molecule has 1 unspecified atom stereocenters. The Morgan fingerprint density at radius 2 is 2.22 bits per heavy atom. The zero-order valence-corrected chi connectivity index (χ0v) is 10.6. The van der Waals surface area contributed by atoms with Crippen LogP contribution in [-0.4, -0.2) is 19.1 Å². The molecule has 0 bridgehead atoms. The van der Waals surface area contributed by atoms with E-state index in [2.05, 4.69) is 16.7 Å². The van der Waals surface area contributed by atoms with Crippen LogP contribution in [-0.2, 0) is 0 Å². The van der Waals surface area contributed by atoms with E-state index >= 15 is 0 Å². The third-order valence-electron chi connectivity index (χ3n) is 3.70. The van der Waals surface area contributed by atoms with Crippen molar-refractivity contribution in [2.75, 3.05) is 18.4 Å². The van der Waals surface area contributed by atoms with Crippen LogP contribution < -0.4 is 10.6 Å². The molecular weight excluding hydrogens is 224 g/mol. The Morgan fingerprint density at radius 1 is 1.28 bits per heavy atom. The second kappa shape index (κ2) is 5.44. The summed E-state index contributed by atoms with van der Waals surface area (Å²) in [6, 6.07) is 8.83. The molecule has 1 atom stereocenters. The number of para-hydroxylation sites is 1. The monoisotopic (exact) mass is 244 g/mol. The van der Waals surface area contributed by atoms with Crippen molar-refractivity contribution in [2.45, 2.75) is 31.7 Å². The van der Waals surface area contributed by atoms with Gasteiger partial charge in [0, 0.05) is 18.0 Å². The summed E-state index contributed by atoms with van der Waals surface area (Å²) >= 11 is 0. The highest BCUT2D eigenvalue weighted by Gasteiger charge is 2.12. The van der Waals surface area contributed by atoms with E-state index < -0.39 is 0 Å². The van der Waals surface area contributed by atoms with Gasteiger partial charge in [0.05, 0.1) is 5.69 Å². The summed E-state index contributed by atoms with van der Waals surface area (Å²) in [6.07, 6.45) is 7.01. The van der Waals surface area contributed by atoms with Gasteiger partial charge in [0.1, 0.15) is 11.8 Å². The average molecular weight is 244 g/mol. The molecule has 1 aliphatic heterocycles. The highest BCUT2D eigenvalue weighted by Crippen LogP contribution is 2.25. The van der Waals surface area contributed by atoms with Gasteiger partial charge < -0.3 is 15.1 Å². The first-order chi connectivity index (χ1) is 8.93. The molecule has 1 aromatic heterocycles. The van der Waals surface area contributed by atoms with Gasteiger partial charge in [-0.1, -0.05) is 18.6 Å². The van der Waals surface area contributed by atoms with Gasteiger partial charge in [-0.3, -0.25) is 0 Å². The maximum atomic E-state index is 5.51. The fraction of sp³-hybridized carbons (Fsp3) is 0.467. The minimum absolute atomic E-state index is 0.685. The molecule has 1 aliphatic rings. The number of anilines is 1. The van der Waals surface area contributed by atoms with Crippen LogP contribution in [0.1, 0.15) is 25.7 Å². The first kappa shape index (κ1) is 11.6. The lowest BCUT2D eigenvalue weighted by Crippen LogP contribution is -2.35. The molecule has 1 saturated heterocycles. The minimum Gasteiger partial charge on any atom is -0.462 e. The summed E-state index contributed by atoms with van der Waals surface area (Å²) in [6.45, 7) is 2.18. The summed E-state index contributed by atoms with van der Waals surface area (Å²) in [7, 11) is 0. The predicted octanol–water partition coefficient (Wildman–Crippen LogP) is 3.38. The van der Waals surface area contributed by atoms with Crippen LogP contribution in [0.5, 0.6) is 0 Å². The van der Waals surface area contributed by atoms with E-state index in [1.165, 1.54) is 37.6 Å². The molecule has 2 heterocycles. The van der Waals surface area contributed by atoms with Gasteiger partial charge in [0.25, 0.3) is 0 Å². The molecule has 0 radical (unpaired) electrons. The van der Waals surface area contributed by atoms with E-state index in [1.807, 2.05) is 24.5 Å². The van der Waals surface area contributed by atoms with Crippen LogP contribution in [0, 0.1) is 0 Å². The molecule has 2 N–H and O–H groups in total. The number of benzene rings is 1. The Kier molecular flexibility index (Phi) is 3.51. The van der Waals surface area contributed by atoms with Gasteiger partial charge in [0.15, 0.2) is 0 Å². The van der Waals surface area contributed by atoms with Crippen molar-refractivity contribution >= 4 is 16.7 Å². The molecule has 18 heavy (non-hydrogen) atoms. The summed E-state index contributed by atoms with van der Waals surface area (Å²) in [5, 5.41) is 8.23. The first-order valence-electron chi connectivity index (χ1n) is 6.87. The third kappa shape index (κ3) is 2.51. The second-order valence-electron chi connectivity index (χ2n) is 5.01. The molecule has 3 nitrogen and oxygen atoms in total. The number of rotatable bonds is 4. The van der Waals surface area contributed by atoms with Gasteiger partial charge in [0.2, 0.25) is 0 Å². The molecule has 3 heteroatoms. The molecular formula is C15H20N2O. The molecule has 0 spiro atoms. The number of piperidine rings is 1. The van der Waals surface area contributed by atoms with Crippen molar-refractivity contribution in [3.63, 3.8) is 0 Å². The van der Waals surface area contributed by atoms with Crippen LogP contribution in [0.25, 0.3) is 11.0 Å². The molecule has 0 saturated carbocycles. The summed E-state index contributed by atoms with van der Waals surface area (Å²) < 4.78 is 5.51. The van der Waals surface area contributed by atoms with E-state index in [4.69, 9.17) is 4.42 Å². The van der Waals surface area contributed by atoms with E-state index in [0.29, 0.717) is 6.04 Å². The van der Waals surface area contributed by atoms with E-state index in [0.717, 1.165) is 17.8 Å². The average Bonchev–Trinajstić information content (AvgIpc) is 2.84. The summed E-state index contributed by atoms with van der Waals surface area (Å²) in [5.74, 6) is 0. The molecule has 1 fully saturated rings. The SMILES string of the molecule is c1ccc2c(NCCC3CCCCN3)coc2c1. The molecule has 0 aliphatic carbocycles. The number of hydrogen-bond donors (Lipinski definition) is 2. The van der Waals surface area contributed by atoms with Crippen molar-refractivity contribution < 1.29 is 4.42 Å². The Morgan fingerprint density at radius 3 is 3.11 bits per heavy atom. The lowest BCUT2D eigenvalue weighted by molar-refractivity contribution is 0.389. The van der Waals surface area contributed by atoms with Crippen molar-refractivity contribution in [3.05, 3.63) is 30.5 Å². The van der Waals surface area contributed by atoms with Crippen molar-refractivity contribution in [2.24, 2.45) is 0 Å². The Balaban J connectivity index is 1.56. The largest absolute Gasteiger partial charge is 0.462 e. The predicted molar refractivity (Wildman–Crippen MR) is 75.0 cm³/mol. The smallest absolute Gasteiger partial charge is 0.136 e. The highest BCUT2D eigenvalue weighted by atomic mass is 16.3. The Hall–Kier alpha value is -1.48. The van der Waals surface area contributed by atoms with E-state index in [-0.39, 0.29) is 0 Å². The lowest BCUT2D eigenvalue weighted by atomic mass is 10.0. The van der Waals surface area contributed by atoms with Crippen molar-refractivity contribution in [1.82, 2.24) is 5.32 Å². The standard InChI is InChI=1S/C15H20N2O/c1-2-7-15-13(6-1)14(11-18-15)17-10-8-12-5-3-4-9-16-12/h1-2,6-7,11-12,16-17H,3-5,8-10H2. The van der Waals surface area contributed by atoms with Gasteiger partial charge in [-0.25, -0.2) is 0 Å². The third-order valence-corrected chi connectivity index (χ3v) is 3.70. The summed E-state index contributed by atoms with van der Waals surface area (Å²) in [5.41, 5.74) is 2.07. The van der Waals surface area contributed by atoms with Gasteiger partial charge >= 0.3 is 0 Å². The maximum absolute atomic E-state index is 5.51. The molecule has 1 aromatic carbocycles. The number of hydrogen-bond acceptors (Lipinski definition) is 3. The second-order valence-corrected chi connectivity index (χ2v) is 5.01. The molecule has 0 amide bonds. The number of fused-ring (bicyclic) bond motifs is 1. The normalized spacial score (nSPS) is 20.1. The van der Waals surface area contributed by atoms with Crippen LogP contribution in [0.2, 0.25) is 0 Å². The fourth-order valence-electron chi connectivity index (χ4n) is 2.67. The summed E-state index contributed by atoms with van der Waals surface area (Å²) in [4.78, 5) is 0. The van der Waals surface area contributed by atoms with Crippen LogP contribution in [0.4, 0.5) is 5.69 Å². The maximum Gasteiger partial charge on any atom is 0.136 e. The van der Waals surface area contributed by atoms with E-state index in [9.17, 15) is 0 Å². The highest BCUT2D eigenvalue weighted by molar-refractivity contribution is 5.90. The van der Waals surface area contributed by atoms with Gasteiger partial charge in [-0.2, -0.15) is 0 Å². The van der Waals surface area contributed by atoms with E-state index in [1.54, 1.807) is 0 Å². The quantitative estimate of drug-likeness (QED) is 0.865. The van der Waals surface area contributed by atoms with Crippen LogP contribution in [0.3, 0.4) is 0 Å². The fourth-order valence-corrected chi connectivity index (χ4v) is 2.67. The van der Waals surface area contributed by atoms with Gasteiger partial charge in [-0.15, -0.1) is 0 Å². The minimum atomic E-state index is 0.685.